The van der Waals surface area contributed by atoms with Gasteiger partial charge < -0.3 is 14.8 Å². The van der Waals surface area contributed by atoms with Gasteiger partial charge in [0.2, 0.25) is 0 Å². The number of nitro benzene ring substituents is 1. The second-order valence-electron chi connectivity index (χ2n) is 7.20. The van der Waals surface area contributed by atoms with Crippen molar-refractivity contribution in [2.24, 2.45) is 0 Å². The number of nitriles is 1. The standard InChI is InChI=1S/C25H18Cl3N3O5/c1-2-35-22-12-16(10-17(13-29)25(32)30-21-5-3-4-19(26)23(21)28)11-20(27)24(22)36-14-15-6-8-18(9-7-15)31(33)34/h3-12H,2,14H2,1H3,(H,30,32)/b17-10-. The molecule has 0 aromatic heterocycles. The summed E-state index contributed by atoms with van der Waals surface area (Å²) in [4.78, 5) is 23.0. The molecule has 0 aliphatic rings. The van der Waals surface area contributed by atoms with Crippen molar-refractivity contribution in [3.8, 4) is 17.6 Å². The molecular formula is C25H18Cl3N3O5. The van der Waals surface area contributed by atoms with E-state index in [0.717, 1.165) is 0 Å². The third-order valence-corrected chi connectivity index (χ3v) is 5.84. The molecular weight excluding hydrogens is 529 g/mol. The molecule has 11 heteroatoms. The van der Waals surface area contributed by atoms with Crippen molar-refractivity contribution in [1.82, 2.24) is 0 Å². The lowest BCUT2D eigenvalue weighted by molar-refractivity contribution is -0.384. The van der Waals surface area contributed by atoms with Gasteiger partial charge in [0.25, 0.3) is 11.6 Å². The number of amides is 1. The fourth-order valence-electron chi connectivity index (χ4n) is 3.05. The largest absolute Gasteiger partial charge is 0.490 e. The Balaban J connectivity index is 1.84. The van der Waals surface area contributed by atoms with Gasteiger partial charge in [-0.25, -0.2) is 0 Å². The summed E-state index contributed by atoms with van der Waals surface area (Å²) in [6.07, 6.45) is 1.35. The molecule has 0 unspecified atom stereocenters. The number of carbonyl (C=O) groups excluding carboxylic acids is 1. The van der Waals surface area contributed by atoms with Gasteiger partial charge in [0, 0.05) is 12.1 Å². The maximum atomic E-state index is 12.7. The molecule has 0 radical (unpaired) electrons. The molecule has 0 saturated carbocycles. The smallest absolute Gasteiger partial charge is 0.269 e. The minimum atomic E-state index is -0.686. The number of anilines is 1. The van der Waals surface area contributed by atoms with Crippen molar-refractivity contribution >= 4 is 58.2 Å². The quantitative estimate of drug-likeness (QED) is 0.133. The monoisotopic (exact) mass is 545 g/mol. The van der Waals surface area contributed by atoms with Crippen LogP contribution in [0.15, 0.2) is 60.2 Å². The molecule has 1 amide bonds. The van der Waals surface area contributed by atoms with Crippen LogP contribution in [0.5, 0.6) is 11.5 Å². The number of benzene rings is 3. The van der Waals surface area contributed by atoms with Gasteiger partial charge in [-0.3, -0.25) is 14.9 Å². The van der Waals surface area contributed by atoms with Crippen molar-refractivity contribution < 1.29 is 19.2 Å². The first kappa shape index (κ1) is 26.8. The number of hydrogen-bond acceptors (Lipinski definition) is 6. The lowest BCUT2D eigenvalue weighted by Crippen LogP contribution is -2.13. The molecule has 0 atom stereocenters. The topological polar surface area (TPSA) is 114 Å². The van der Waals surface area contributed by atoms with E-state index in [0.29, 0.717) is 23.5 Å². The van der Waals surface area contributed by atoms with E-state index in [1.54, 1.807) is 43.3 Å². The minimum Gasteiger partial charge on any atom is -0.490 e. The molecule has 36 heavy (non-hydrogen) atoms. The number of non-ortho nitro benzene ring substituents is 1. The summed E-state index contributed by atoms with van der Waals surface area (Å²) in [6.45, 7) is 2.16. The maximum absolute atomic E-state index is 12.7. The highest BCUT2D eigenvalue weighted by Crippen LogP contribution is 2.38. The molecule has 0 bridgehead atoms. The van der Waals surface area contributed by atoms with Crippen LogP contribution < -0.4 is 14.8 Å². The number of hydrogen-bond donors (Lipinski definition) is 1. The molecule has 1 N–H and O–H groups in total. The summed E-state index contributed by atoms with van der Waals surface area (Å²) in [7, 11) is 0. The summed E-state index contributed by atoms with van der Waals surface area (Å²) in [5.74, 6) is -0.134. The lowest BCUT2D eigenvalue weighted by Gasteiger charge is -2.15. The van der Waals surface area contributed by atoms with Gasteiger partial charge in [0.15, 0.2) is 11.5 Å². The van der Waals surface area contributed by atoms with Gasteiger partial charge in [0.1, 0.15) is 18.2 Å². The summed E-state index contributed by atoms with van der Waals surface area (Å²) in [6, 6.07) is 15.6. The van der Waals surface area contributed by atoms with Crippen molar-refractivity contribution in [3.63, 3.8) is 0 Å². The fraction of sp³-hybridized carbons (Fsp3) is 0.120. The molecule has 0 fully saturated rings. The van der Waals surface area contributed by atoms with Crippen molar-refractivity contribution in [1.29, 1.82) is 5.26 Å². The first-order valence-electron chi connectivity index (χ1n) is 10.4. The summed E-state index contributed by atoms with van der Waals surface area (Å²) >= 11 is 18.5. The molecule has 3 aromatic carbocycles. The Morgan fingerprint density at radius 3 is 2.47 bits per heavy atom. The minimum absolute atomic E-state index is 0.0297. The Bertz CT molecular complexity index is 1370. The number of halogens is 3. The summed E-state index contributed by atoms with van der Waals surface area (Å²) in [5, 5.41) is 23.5. The van der Waals surface area contributed by atoms with Gasteiger partial charge in [-0.05, 0) is 60.5 Å². The van der Waals surface area contributed by atoms with Crippen LogP contribution in [0.25, 0.3) is 6.08 Å². The predicted molar refractivity (Wildman–Crippen MR) is 139 cm³/mol. The van der Waals surface area contributed by atoms with Crippen LogP contribution >= 0.6 is 34.8 Å². The second-order valence-corrected chi connectivity index (χ2v) is 8.39. The first-order valence-corrected chi connectivity index (χ1v) is 11.6. The van der Waals surface area contributed by atoms with E-state index in [-0.39, 0.29) is 44.4 Å². The SMILES string of the molecule is CCOc1cc(/C=C(/C#N)C(=O)Nc2cccc(Cl)c2Cl)cc(Cl)c1OCc1ccc([N+](=O)[O-])cc1. The van der Waals surface area contributed by atoms with Crippen molar-refractivity contribution in [3.05, 3.63) is 96.5 Å². The molecule has 0 aliphatic carbocycles. The average Bonchev–Trinajstić information content (AvgIpc) is 2.85. The normalized spacial score (nSPS) is 10.9. The van der Waals surface area contributed by atoms with E-state index in [9.17, 15) is 20.2 Å². The zero-order valence-corrected chi connectivity index (χ0v) is 21.0. The summed E-state index contributed by atoms with van der Waals surface area (Å²) in [5.41, 5.74) is 1.14. The number of carbonyl (C=O) groups is 1. The molecule has 0 heterocycles. The van der Waals surface area contributed by atoms with E-state index >= 15 is 0 Å². The molecule has 0 saturated heterocycles. The number of ether oxygens (including phenoxy) is 2. The number of rotatable bonds is 9. The van der Waals surface area contributed by atoms with Crippen LogP contribution in [-0.2, 0) is 11.4 Å². The van der Waals surface area contributed by atoms with Gasteiger partial charge in [-0.15, -0.1) is 0 Å². The zero-order valence-electron chi connectivity index (χ0n) is 18.8. The Hall–Kier alpha value is -3.77. The van der Waals surface area contributed by atoms with E-state index < -0.39 is 10.8 Å². The van der Waals surface area contributed by atoms with Gasteiger partial charge in [-0.2, -0.15) is 5.26 Å². The fourth-order valence-corrected chi connectivity index (χ4v) is 3.67. The Morgan fingerprint density at radius 1 is 1.11 bits per heavy atom. The Morgan fingerprint density at radius 2 is 1.83 bits per heavy atom. The molecule has 0 aliphatic heterocycles. The van der Waals surface area contributed by atoms with E-state index in [2.05, 4.69) is 5.32 Å². The average molecular weight is 547 g/mol. The molecule has 8 nitrogen and oxygen atoms in total. The van der Waals surface area contributed by atoms with Crippen LogP contribution in [0.3, 0.4) is 0 Å². The van der Waals surface area contributed by atoms with Crippen LogP contribution in [0.1, 0.15) is 18.1 Å². The molecule has 3 aromatic rings. The van der Waals surface area contributed by atoms with Crippen LogP contribution in [0, 0.1) is 21.4 Å². The van der Waals surface area contributed by atoms with E-state index in [4.69, 9.17) is 44.3 Å². The third kappa shape index (κ3) is 6.67. The highest BCUT2D eigenvalue weighted by Gasteiger charge is 2.16. The first-order chi connectivity index (χ1) is 17.2. The molecule has 184 valence electrons. The van der Waals surface area contributed by atoms with Gasteiger partial charge >= 0.3 is 0 Å². The van der Waals surface area contributed by atoms with Crippen molar-refractivity contribution in [2.75, 3.05) is 11.9 Å². The number of nitro groups is 1. The molecule has 0 spiro atoms. The Labute approximate surface area is 221 Å². The highest BCUT2D eigenvalue weighted by molar-refractivity contribution is 6.44. The molecule has 3 rings (SSSR count). The van der Waals surface area contributed by atoms with E-state index in [1.807, 2.05) is 6.07 Å². The Kier molecular flexibility index (Phi) is 9.14. The van der Waals surface area contributed by atoms with Crippen LogP contribution in [0.4, 0.5) is 11.4 Å². The number of nitrogens with one attached hydrogen (secondary N) is 1. The van der Waals surface area contributed by atoms with Crippen LogP contribution in [0.2, 0.25) is 15.1 Å². The lowest BCUT2D eigenvalue weighted by atomic mass is 10.1. The van der Waals surface area contributed by atoms with Gasteiger partial charge in [0.05, 0.1) is 32.3 Å². The number of nitrogens with zero attached hydrogens (tertiary/aromatic N) is 2. The summed E-state index contributed by atoms with van der Waals surface area (Å²) < 4.78 is 11.5. The second kappa shape index (κ2) is 12.3. The zero-order chi connectivity index (χ0) is 26.2. The third-order valence-electron chi connectivity index (χ3n) is 4.74. The van der Waals surface area contributed by atoms with Gasteiger partial charge in [-0.1, -0.05) is 40.9 Å². The van der Waals surface area contributed by atoms with Crippen molar-refractivity contribution in [2.45, 2.75) is 13.5 Å². The highest BCUT2D eigenvalue weighted by atomic mass is 35.5. The predicted octanol–water partition coefficient (Wildman–Crippen LogP) is 7.08. The van der Waals surface area contributed by atoms with Crippen LogP contribution in [-0.4, -0.2) is 17.4 Å². The maximum Gasteiger partial charge on any atom is 0.269 e. The van der Waals surface area contributed by atoms with E-state index in [1.165, 1.54) is 24.3 Å².